The Balaban J connectivity index is 1.47. The van der Waals surface area contributed by atoms with Crippen molar-refractivity contribution >= 4 is 40.5 Å². The van der Waals surface area contributed by atoms with E-state index >= 15 is 0 Å². The van der Waals surface area contributed by atoms with Crippen molar-refractivity contribution in [1.29, 1.82) is 0 Å². The van der Waals surface area contributed by atoms with Crippen LogP contribution in [0.5, 0.6) is 10.9 Å². The Morgan fingerprint density at radius 3 is 2.37 bits per heavy atom. The molecule has 0 spiro atoms. The average Bonchev–Trinajstić information content (AvgIpc) is 3.38. The number of carboxylic acid groups (broad SMARTS) is 1. The largest absolute Gasteiger partial charge is 0.477 e. The zero-order valence-electron chi connectivity index (χ0n) is 19.4. The Labute approximate surface area is 224 Å². The van der Waals surface area contributed by atoms with Gasteiger partial charge in [-0.3, -0.25) is 4.57 Å². The molecule has 0 atom stereocenters. The maximum atomic E-state index is 13.5. The number of rotatable bonds is 8. The maximum Gasteiger partial charge on any atom is 0.359 e. The molecule has 0 amide bonds. The molecule has 5 rings (SSSR count). The summed E-state index contributed by atoms with van der Waals surface area (Å²) in [6, 6.07) is 22.2. The number of nitrogens with zero attached hydrogens (tertiary/aromatic N) is 4. The van der Waals surface area contributed by atoms with E-state index in [0.29, 0.717) is 22.1 Å². The lowest BCUT2D eigenvalue weighted by Gasteiger charge is -2.16. The van der Waals surface area contributed by atoms with E-state index in [1.165, 1.54) is 10.8 Å². The van der Waals surface area contributed by atoms with Crippen LogP contribution in [0.15, 0.2) is 94.6 Å². The van der Waals surface area contributed by atoms with Crippen molar-refractivity contribution < 1.29 is 14.6 Å². The fourth-order valence-electron chi connectivity index (χ4n) is 3.54. The molecule has 0 saturated heterocycles. The van der Waals surface area contributed by atoms with Gasteiger partial charge in [0.15, 0.2) is 0 Å². The molecule has 0 unspecified atom stereocenters. The lowest BCUT2D eigenvalue weighted by molar-refractivity contribution is 0.0702. The number of ether oxygens (including phenoxy) is 1. The van der Waals surface area contributed by atoms with Crippen LogP contribution in [0.3, 0.4) is 0 Å². The Hall–Kier alpha value is -4.74. The first-order valence-electron chi connectivity index (χ1n) is 11.2. The van der Waals surface area contributed by atoms with Crippen LogP contribution >= 0.6 is 22.9 Å². The predicted molar refractivity (Wildman–Crippen MR) is 144 cm³/mol. The van der Waals surface area contributed by atoms with Gasteiger partial charge in [-0.1, -0.05) is 53.3 Å². The van der Waals surface area contributed by atoms with E-state index in [9.17, 15) is 14.4 Å². The lowest BCUT2D eigenvalue weighted by atomic mass is 10.2. The van der Waals surface area contributed by atoms with E-state index in [-0.39, 0.29) is 22.6 Å². The van der Waals surface area contributed by atoms with Gasteiger partial charge in [-0.05, 0) is 54.1 Å². The molecule has 12 heteroatoms. The van der Waals surface area contributed by atoms with Crippen molar-refractivity contribution in [2.24, 2.45) is 0 Å². The van der Waals surface area contributed by atoms with Gasteiger partial charge in [-0.25, -0.2) is 23.9 Å². The van der Waals surface area contributed by atoms with Crippen molar-refractivity contribution in [2.45, 2.75) is 6.54 Å². The summed E-state index contributed by atoms with van der Waals surface area (Å²) in [4.78, 5) is 45.7. The summed E-state index contributed by atoms with van der Waals surface area (Å²) in [6.07, 6.45) is 1.22. The summed E-state index contributed by atoms with van der Waals surface area (Å²) < 4.78 is 7.99. The summed E-state index contributed by atoms with van der Waals surface area (Å²) in [5, 5.41) is 12.8. The number of carbonyl (C=O) groups is 1. The van der Waals surface area contributed by atoms with E-state index < -0.39 is 17.3 Å². The van der Waals surface area contributed by atoms with Crippen LogP contribution in [-0.4, -0.2) is 30.2 Å². The highest BCUT2D eigenvalue weighted by Crippen LogP contribution is 2.28. The van der Waals surface area contributed by atoms with Gasteiger partial charge in [0.25, 0.3) is 5.19 Å². The molecule has 190 valence electrons. The highest BCUT2D eigenvalue weighted by atomic mass is 35.5. The molecule has 0 bridgehead atoms. The zero-order valence-corrected chi connectivity index (χ0v) is 21.0. The van der Waals surface area contributed by atoms with Crippen LogP contribution in [0, 0.1) is 0 Å². The van der Waals surface area contributed by atoms with E-state index in [1.807, 2.05) is 0 Å². The van der Waals surface area contributed by atoms with E-state index in [1.54, 1.807) is 78.9 Å². The molecule has 2 aromatic heterocycles. The quantitative estimate of drug-likeness (QED) is 0.284. The second-order valence-electron chi connectivity index (χ2n) is 7.93. The third-order valence-corrected chi connectivity index (χ3v) is 6.47. The number of para-hydroxylation sites is 1. The van der Waals surface area contributed by atoms with Crippen molar-refractivity contribution in [1.82, 2.24) is 19.1 Å². The van der Waals surface area contributed by atoms with E-state index in [4.69, 9.17) is 21.4 Å². The number of nitrogens with one attached hydrogen (secondary N) is 1. The summed E-state index contributed by atoms with van der Waals surface area (Å²) >= 11 is 6.92. The highest BCUT2D eigenvalue weighted by molar-refractivity contribution is 7.15. The van der Waals surface area contributed by atoms with Crippen LogP contribution in [0.25, 0.3) is 5.69 Å². The summed E-state index contributed by atoms with van der Waals surface area (Å²) in [5.41, 5.74) is 0.436. The van der Waals surface area contributed by atoms with Gasteiger partial charge in [0.05, 0.1) is 18.4 Å². The molecule has 5 aromatic rings. The second-order valence-corrected chi connectivity index (χ2v) is 9.36. The number of hydrogen-bond donors (Lipinski definition) is 2. The number of thiazole rings is 1. The van der Waals surface area contributed by atoms with Crippen molar-refractivity contribution in [3.8, 4) is 16.6 Å². The molecule has 0 radical (unpaired) electrons. The van der Waals surface area contributed by atoms with Gasteiger partial charge >= 0.3 is 17.3 Å². The van der Waals surface area contributed by atoms with Gasteiger partial charge in [-0.2, -0.15) is 4.98 Å². The summed E-state index contributed by atoms with van der Waals surface area (Å²) in [6.45, 7) is 0.135. The Bertz CT molecular complexity index is 1710. The summed E-state index contributed by atoms with van der Waals surface area (Å²) in [5.74, 6) is -0.599. The highest BCUT2D eigenvalue weighted by Gasteiger charge is 2.16. The number of aromatic nitrogens is 4. The van der Waals surface area contributed by atoms with Crippen LogP contribution in [0.4, 0.5) is 11.6 Å². The first kappa shape index (κ1) is 24.9. The average molecular weight is 548 g/mol. The molecule has 38 heavy (non-hydrogen) atoms. The van der Waals surface area contributed by atoms with Crippen molar-refractivity contribution in [2.75, 3.05) is 5.32 Å². The number of benzene rings is 3. The van der Waals surface area contributed by atoms with Crippen molar-refractivity contribution in [3.63, 3.8) is 0 Å². The van der Waals surface area contributed by atoms with Crippen LogP contribution < -0.4 is 21.4 Å². The van der Waals surface area contributed by atoms with Gasteiger partial charge in [0.2, 0.25) is 5.95 Å². The zero-order chi connectivity index (χ0) is 26.6. The Kier molecular flexibility index (Phi) is 7.03. The van der Waals surface area contributed by atoms with Crippen LogP contribution in [0.1, 0.15) is 15.2 Å². The number of aromatic carboxylic acids is 1. The van der Waals surface area contributed by atoms with Crippen molar-refractivity contribution in [3.05, 3.63) is 121 Å². The van der Waals surface area contributed by atoms with Gasteiger partial charge in [-0.15, -0.1) is 0 Å². The Morgan fingerprint density at radius 2 is 1.71 bits per heavy atom. The van der Waals surface area contributed by atoms with Crippen LogP contribution in [-0.2, 0) is 6.54 Å². The minimum absolute atomic E-state index is 0.0572. The topological polar surface area (TPSA) is 128 Å². The van der Waals surface area contributed by atoms with Gasteiger partial charge in [0.1, 0.15) is 10.6 Å². The number of anilines is 2. The monoisotopic (exact) mass is 547 g/mol. The smallest absolute Gasteiger partial charge is 0.359 e. The molecule has 0 saturated carbocycles. The van der Waals surface area contributed by atoms with E-state index in [0.717, 1.165) is 21.5 Å². The molecule has 0 aliphatic heterocycles. The predicted octanol–water partition coefficient (Wildman–Crippen LogP) is 4.79. The molecule has 0 aliphatic carbocycles. The lowest BCUT2D eigenvalue weighted by Crippen LogP contribution is -2.41. The standard InChI is InChI=1S/C26H18ClN5O5S/c27-17-8-6-16(7-9-17)15-31-23(30-24(35)32(26(31)36)19-4-2-1-3-5-19)29-18-10-12-20(13-11-18)37-25-28-14-21(38-25)22(33)34/h1-14H,15H2,(H,33,34)(H,29,30,35). The van der Waals surface area contributed by atoms with E-state index in [2.05, 4.69) is 15.3 Å². The fourth-order valence-corrected chi connectivity index (χ4v) is 4.29. The first-order valence-corrected chi connectivity index (χ1v) is 12.3. The molecular formula is C26H18ClN5O5S. The first-order chi connectivity index (χ1) is 18.4. The number of halogens is 1. The minimum Gasteiger partial charge on any atom is -0.477 e. The molecule has 2 heterocycles. The second kappa shape index (κ2) is 10.7. The SMILES string of the molecule is O=C(O)c1cnc(Oc2ccc(Nc3nc(=O)n(-c4ccccc4)c(=O)n3Cc3ccc(Cl)cc3)cc2)s1. The number of carboxylic acids is 1. The van der Waals surface area contributed by atoms with Crippen LogP contribution in [0.2, 0.25) is 5.02 Å². The molecular weight excluding hydrogens is 530 g/mol. The molecule has 2 N–H and O–H groups in total. The normalized spacial score (nSPS) is 10.8. The molecule has 0 fully saturated rings. The molecule has 10 nitrogen and oxygen atoms in total. The number of hydrogen-bond acceptors (Lipinski definition) is 8. The van der Waals surface area contributed by atoms with Gasteiger partial charge < -0.3 is 15.2 Å². The maximum absolute atomic E-state index is 13.5. The molecule has 3 aromatic carbocycles. The third kappa shape index (κ3) is 5.48. The Morgan fingerprint density at radius 1 is 1.00 bits per heavy atom. The summed E-state index contributed by atoms with van der Waals surface area (Å²) in [7, 11) is 0. The third-order valence-electron chi connectivity index (χ3n) is 5.35. The van der Waals surface area contributed by atoms with Gasteiger partial charge in [0, 0.05) is 10.7 Å². The minimum atomic E-state index is -1.08. The fraction of sp³-hybridized carbons (Fsp3) is 0.0385. The molecule has 0 aliphatic rings.